The second-order valence-electron chi connectivity index (χ2n) is 7.93. The summed E-state index contributed by atoms with van der Waals surface area (Å²) in [6, 6.07) is 0. The molecule has 134 valence electrons. The Morgan fingerprint density at radius 2 is 2.12 bits per heavy atom. The maximum Gasteiger partial charge on any atom is 0.0725 e. The molecule has 1 aliphatic heterocycles. The van der Waals surface area contributed by atoms with Crippen LogP contribution in [0.25, 0.3) is 0 Å². The van der Waals surface area contributed by atoms with Gasteiger partial charge in [0.25, 0.3) is 0 Å². The molecule has 3 heteroatoms. The summed E-state index contributed by atoms with van der Waals surface area (Å²) in [4.78, 5) is 2.59. The van der Waals surface area contributed by atoms with Crippen LogP contribution < -0.4 is 0 Å². The Hall–Kier alpha value is -0.570. The van der Waals surface area contributed by atoms with Gasteiger partial charge in [-0.25, -0.2) is 0 Å². The second-order valence-corrected chi connectivity index (χ2v) is 8.37. The Bertz CT molecular complexity index is 513. The lowest BCUT2D eigenvalue weighted by Crippen LogP contribution is -2.46. The molecule has 0 bridgehead atoms. The van der Waals surface area contributed by atoms with E-state index in [-0.39, 0.29) is 5.92 Å². The molecule has 1 unspecified atom stereocenters. The molecule has 0 spiro atoms. The van der Waals surface area contributed by atoms with Gasteiger partial charge >= 0.3 is 0 Å². The highest BCUT2D eigenvalue weighted by molar-refractivity contribution is 6.31. The van der Waals surface area contributed by atoms with Crippen molar-refractivity contribution in [2.75, 3.05) is 19.6 Å². The fourth-order valence-electron chi connectivity index (χ4n) is 4.69. The summed E-state index contributed by atoms with van der Waals surface area (Å²) in [5, 5.41) is 12.3. The first kappa shape index (κ1) is 18.2. The maximum atomic E-state index is 11.5. The quantitative estimate of drug-likeness (QED) is 0.751. The van der Waals surface area contributed by atoms with Crippen molar-refractivity contribution in [1.82, 2.24) is 4.90 Å². The molecular formula is C21H32ClNO. The molecule has 3 rings (SSSR count). The fraction of sp³-hybridized carbons (Fsp3) is 0.714. The van der Waals surface area contributed by atoms with Crippen LogP contribution in [0.1, 0.15) is 58.3 Å². The van der Waals surface area contributed by atoms with E-state index < -0.39 is 5.60 Å². The highest BCUT2D eigenvalue weighted by Gasteiger charge is 2.41. The largest absolute Gasteiger partial charge is 0.389 e. The topological polar surface area (TPSA) is 23.5 Å². The number of rotatable bonds is 5. The van der Waals surface area contributed by atoms with Crippen LogP contribution in [0.5, 0.6) is 0 Å². The molecule has 1 heterocycles. The molecule has 2 aliphatic carbocycles. The fourth-order valence-corrected chi connectivity index (χ4v) is 4.84. The lowest BCUT2D eigenvalue weighted by Gasteiger charge is -2.42. The maximum absolute atomic E-state index is 11.5. The van der Waals surface area contributed by atoms with Crippen LogP contribution in [-0.4, -0.2) is 35.2 Å². The zero-order valence-electron chi connectivity index (χ0n) is 15.0. The summed E-state index contributed by atoms with van der Waals surface area (Å²) in [6.45, 7) is 5.68. The van der Waals surface area contributed by atoms with Crippen LogP contribution in [0.2, 0.25) is 0 Å². The van der Waals surface area contributed by atoms with Gasteiger partial charge in [-0.2, -0.15) is 0 Å². The van der Waals surface area contributed by atoms with Crippen molar-refractivity contribution in [3.05, 3.63) is 34.9 Å². The van der Waals surface area contributed by atoms with Crippen LogP contribution in [0, 0.1) is 11.8 Å². The third-order valence-electron chi connectivity index (χ3n) is 6.30. The third kappa shape index (κ3) is 4.33. The van der Waals surface area contributed by atoms with Crippen molar-refractivity contribution in [2.24, 2.45) is 11.8 Å². The predicted molar refractivity (Wildman–Crippen MR) is 102 cm³/mol. The van der Waals surface area contributed by atoms with Gasteiger partial charge in [-0.3, -0.25) is 0 Å². The van der Waals surface area contributed by atoms with Gasteiger partial charge in [0.2, 0.25) is 0 Å². The van der Waals surface area contributed by atoms with Crippen LogP contribution in [-0.2, 0) is 0 Å². The number of hydrogen-bond acceptors (Lipinski definition) is 2. The number of allylic oxidation sites excluding steroid dienone is 5. The first-order chi connectivity index (χ1) is 11.6. The van der Waals surface area contributed by atoms with Gasteiger partial charge in [0.15, 0.2) is 0 Å². The minimum absolute atomic E-state index is 0.233. The van der Waals surface area contributed by atoms with E-state index in [4.69, 9.17) is 11.6 Å². The third-order valence-corrected chi connectivity index (χ3v) is 6.58. The Morgan fingerprint density at radius 3 is 2.83 bits per heavy atom. The minimum Gasteiger partial charge on any atom is -0.389 e. The Labute approximate surface area is 152 Å². The van der Waals surface area contributed by atoms with Gasteiger partial charge in [-0.05, 0) is 44.2 Å². The van der Waals surface area contributed by atoms with Gasteiger partial charge in [-0.15, -0.1) is 0 Å². The summed E-state index contributed by atoms with van der Waals surface area (Å²) in [5.74, 6) is 1.07. The average molecular weight is 350 g/mol. The lowest BCUT2D eigenvalue weighted by atomic mass is 9.71. The van der Waals surface area contributed by atoms with E-state index >= 15 is 0 Å². The van der Waals surface area contributed by atoms with E-state index in [0.717, 1.165) is 49.6 Å². The zero-order chi connectivity index (χ0) is 17.0. The lowest BCUT2D eigenvalue weighted by molar-refractivity contribution is -0.0456. The average Bonchev–Trinajstić information content (AvgIpc) is 2.94. The molecule has 1 N–H and O–H groups in total. The highest BCUT2D eigenvalue weighted by Crippen LogP contribution is 2.40. The van der Waals surface area contributed by atoms with Gasteiger partial charge in [-0.1, -0.05) is 68.0 Å². The molecule has 24 heavy (non-hydrogen) atoms. The molecule has 3 aliphatic rings. The van der Waals surface area contributed by atoms with Gasteiger partial charge in [0, 0.05) is 24.0 Å². The zero-order valence-corrected chi connectivity index (χ0v) is 15.8. The van der Waals surface area contributed by atoms with Gasteiger partial charge in [0.1, 0.15) is 0 Å². The van der Waals surface area contributed by atoms with Crippen LogP contribution >= 0.6 is 11.6 Å². The number of nitrogens with zero attached hydrogens (tertiary/aromatic N) is 1. The van der Waals surface area contributed by atoms with Crippen LogP contribution in [0.3, 0.4) is 0 Å². The summed E-state index contributed by atoms with van der Waals surface area (Å²) < 4.78 is 0. The molecule has 1 saturated heterocycles. The van der Waals surface area contributed by atoms with E-state index in [2.05, 4.69) is 30.1 Å². The van der Waals surface area contributed by atoms with Crippen molar-refractivity contribution in [1.29, 1.82) is 0 Å². The van der Waals surface area contributed by atoms with E-state index in [1.807, 2.05) is 6.08 Å². The van der Waals surface area contributed by atoms with Crippen LogP contribution in [0.15, 0.2) is 34.9 Å². The van der Waals surface area contributed by atoms with E-state index in [9.17, 15) is 5.11 Å². The molecule has 2 fully saturated rings. The Morgan fingerprint density at radius 1 is 1.33 bits per heavy atom. The second kappa shape index (κ2) is 8.21. The summed E-state index contributed by atoms with van der Waals surface area (Å²) in [5.41, 5.74) is 0.818. The standard InChI is InChI=1S/C21H32ClNO/c1-2-17-11-14-23(15-17)16-20(21(24)12-4-3-5-13-21)18-7-6-8-19(22)10-9-18/h6-8,10,17,20,24H,2-5,9,11-16H2,1H3/t17-,20?/m1/s1. The predicted octanol–water partition coefficient (Wildman–Crippen LogP) is 5.04. The molecule has 0 amide bonds. The minimum atomic E-state index is -0.535. The van der Waals surface area contributed by atoms with Crippen LogP contribution in [0.4, 0.5) is 0 Å². The van der Waals surface area contributed by atoms with Crippen molar-refractivity contribution in [2.45, 2.75) is 63.9 Å². The molecule has 0 aromatic carbocycles. The molecule has 2 atom stereocenters. The molecule has 0 radical (unpaired) electrons. The summed E-state index contributed by atoms with van der Waals surface area (Å²) in [6.07, 6.45) is 17.2. The smallest absolute Gasteiger partial charge is 0.0725 e. The van der Waals surface area contributed by atoms with Crippen molar-refractivity contribution in [3.8, 4) is 0 Å². The first-order valence-electron chi connectivity index (χ1n) is 9.78. The number of aliphatic hydroxyl groups is 1. The number of halogens is 1. The molecule has 0 aromatic heterocycles. The number of hydrogen-bond donors (Lipinski definition) is 1. The Balaban J connectivity index is 1.78. The highest BCUT2D eigenvalue weighted by atomic mass is 35.5. The summed E-state index contributed by atoms with van der Waals surface area (Å²) in [7, 11) is 0. The normalized spacial score (nSPS) is 29.0. The van der Waals surface area contributed by atoms with Crippen molar-refractivity contribution in [3.63, 3.8) is 0 Å². The number of likely N-dealkylation sites (tertiary alicyclic amines) is 1. The van der Waals surface area contributed by atoms with E-state index in [1.54, 1.807) is 0 Å². The summed E-state index contributed by atoms with van der Waals surface area (Å²) >= 11 is 6.19. The molecule has 0 aromatic rings. The monoisotopic (exact) mass is 349 g/mol. The van der Waals surface area contributed by atoms with E-state index in [0.29, 0.717) is 0 Å². The molecule has 2 nitrogen and oxygen atoms in total. The first-order valence-corrected chi connectivity index (χ1v) is 10.2. The van der Waals surface area contributed by atoms with E-state index in [1.165, 1.54) is 37.9 Å². The van der Waals surface area contributed by atoms with Crippen molar-refractivity contribution >= 4 is 11.6 Å². The van der Waals surface area contributed by atoms with Gasteiger partial charge < -0.3 is 10.0 Å². The van der Waals surface area contributed by atoms with Crippen molar-refractivity contribution < 1.29 is 5.11 Å². The Kier molecular flexibility index (Phi) is 6.23. The van der Waals surface area contributed by atoms with Gasteiger partial charge in [0.05, 0.1) is 5.60 Å². The molecule has 1 saturated carbocycles. The SMILES string of the molecule is CC[C@@H]1CCN(CC(C2=CC=CC(Cl)=CC2)C2(O)CCCCC2)C1. The molecular weight excluding hydrogens is 318 g/mol.